The normalized spacial score (nSPS) is 17.8. The number of allylic oxidation sites excluding steroid dienone is 4. The molecule has 1 spiro atoms. The van der Waals surface area contributed by atoms with Gasteiger partial charge >= 0.3 is 5.91 Å². The Hall–Kier alpha value is -9.60. The first-order chi connectivity index (χ1) is 41.2. The number of carbonyl (C=O) groups excluding carboxylic acids is 4. The Kier molecular flexibility index (Phi) is 14.2. The van der Waals surface area contributed by atoms with Crippen LogP contribution in [0.5, 0.6) is 23.0 Å². The molecule has 2 aromatic heterocycles. The summed E-state index contributed by atoms with van der Waals surface area (Å²) in [4.78, 5) is 56.8. The van der Waals surface area contributed by atoms with Crippen molar-refractivity contribution in [2.75, 3.05) is 78.1 Å². The van der Waals surface area contributed by atoms with E-state index in [0.29, 0.717) is 102 Å². The average molecular weight is 1150 g/mol. The highest BCUT2D eigenvalue weighted by atomic mass is 16.5. The van der Waals surface area contributed by atoms with Gasteiger partial charge in [-0.3, -0.25) is 19.2 Å². The maximum Gasteiger partial charge on any atom is 0.553 e. The summed E-state index contributed by atoms with van der Waals surface area (Å²) in [6.07, 6.45) is 4.83. The molecule has 20 heteroatoms. The molecule has 434 valence electrons. The number of ether oxygens (including phenoxy) is 8. The summed E-state index contributed by atoms with van der Waals surface area (Å²) in [6.45, 7) is 6.65. The lowest BCUT2D eigenvalue weighted by Crippen LogP contribution is -2.71. The largest absolute Gasteiger partial charge is 0.553 e. The third-order valence-electron chi connectivity index (χ3n) is 16.7. The Labute approximate surface area is 489 Å². The quantitative estimate of drug-likeness (QED) is 0.0618. The summed E-state index contributed by atoms with van der Waals surface area (Å²) < 4.78 is 56.5. The molecule has 0 saturated carbocycles. The molecule has 4 N–H and O–H groups in total. The van der Waals surface area contributed by atoms with Crippen LogP contribution in [-0.4, -0.2) is 135 Å². The van der Waals surface area contributed by atoms with Crippen molar-refractivity contribution in [1.29, 1.82) is 0 Å². The highest BCUT2D eigenvalue weighted by Gasteiger charge is 2.73. The maximum atomic E-state index is 14.2. The molecule has 0 fully saturated rings. The first-order valence-electron chi connectivity index (χ1n) is 27.6. The van der Waals surface area contributed by atoms with E-state index in [2.05, 4.69) is 88.1 Å². The lowest BCUT2D eigenvalue weighted by Gasteiger charge is -2.41. The number of nitrogens with zero attached hydrogens (tertiary/aromatic N) is 4. The minimum absolute atomic E-state index is 0.384. The van der Waals surface area contributed by atoms with Crippen LogP contribution < -0.4 is 50.9 Å². The molecule has 0 radical (unpaired) electrons. The van der Waals surface area contributed by atoms with E-state index in [4.69, 9.17) is 37.9 Å². The number of benzene rings is 4. The van der Waals surface area contributed by atoms with Gasteiger partial charge in [0, 0.05) is 63.9 Å². The lowest BCUT2D eigenvalue weighted by atomic mass is 9.90. The molecule has 8 heterocycles. The molecular formula is C65H64N8O12+2. The molecular weight excluding hydrogens is 1080 g/mol. The van der Waals surface area contributed by atoms with Gasteiger partial charge in [0.1, 0.15) is 47.4 Å². The number of aromatic nitrogens is 2. The summed E-state index contributed by atoms with van der Waals surface area (Å²) in [5.41, 5.74) is 10.8. The number of hydrogen-bond donors (Lipinski definition) is 4. The molecule has 6 aromatic rings. The molecule has 0 saturated heterocycles. The number of carbonyl (C=O) groups is 4. The van der Waals surface area contributed by atoms with Gasteiger partial charge in [0.25, 0.3) is 23.6 Å². The fourth-order valence-corrected chi connectivity index (χ4v) is 12.4. The highest BCUT2D eigenvalue weighted by Crippen LogP contribution is 2.57. The van der Waals surface area contributed by atoms with E-state index in [9.17, 15) is 19.2 Å². The van der Waals surface area contributed by atoms with E-state index in [1.807, 2.05) is 36.4 Å². The Balaban J connectivity index is 1.32. The van der Waals surface area contributed by atoms with Gasteiger partial charge in [-0.25, -0.2) is 0 Å². The van der Waals surface area contributed by atoms with Gasteiger partial charge in [-0.2, -0.15) is 9.13 Å². The topological polar surface area (TPSA) is 206 Å². The van der Waals surface area contributed by atoms with Crippen LogP contribution in [0.25, 0.3) is 22.3 Å². The van der Waals surface area contributed by atoms with Crippen LogP contribution in [0.2, 0.25) is 0 Å². The highest BCUT2D eigenvalue weighted by molar-refractivity contribution is 6.32. The SMILES string of the molecule is COc1cccc(OC)c1C1=C2C=CC3=[N+]2C24n5c(ccc51)C(c1c(NC(=O)C(C)OC)cccc1NC(=O)C(C)OC)=C1C=CC(=[N+]12)C(c1c(OC)cccc1OC)=c1ccc(n14)=C3c1c(NC(=O)C(C)OC)cccc1NC(=O)C(C)OC. The van der Waals surface area contributed by atoms with Crippen LogP contribution in [0.15, 0.2) is 133 Å². The van der Waals surface area contributed by atoms with E-state index in [1.54, 1.807) is 92.5 Å². The summed E-state index contributed by atoms with van der Waals surface area (Å²) in [7, 11) is 12.3. The monoisotopic (exact) mass is 1150 g/mol. The molecule has 6 aliphatic heterocycles. The van der Waals surface area contributed by atoms with Crippen LogP contribution in [0, 0.1) is 0 Å². The maximum absolute atomic E-state index is 14.2. The second-order valence-electron chi connectivity index (χ2n) is 20.9. The van der Waals surface area contributed by atoms with Crippen LogP contribution in [-0.2, 0) is 44.0 Å². The van der Waals surface area contributed by atoms with Gasteiger partial charge in [-0.1, -0.05) is 33.4 Å². The minimum Gasteiger partial charge on any atom is -0.496 e. The van der Waals surface area contributed by atoms with Crippen molar-refractivity contribution >= 4 is 80.1 Å². The van der Waals surface area contributed by atoms with Crippen LogP contribution in [0.1, 0.15) is 61.3 Å². The number of hydrogen-bond acceptors (Lipinski definition) is 12. The van der Waals surface area contributed by atoms with Crippen molar-refractivity contribution in [3.8, 4) is 23.0 Å². The molecule has 6 aliphatic rings. The molecule has 20 nitrogen and oxygen atoms in total. The number of nitrogens with one attached hydrogen (secondary N) is 4. The molecule has 4 amide bonds. The summed E-state index contributed by atoms with van der Waals surface area (Å²) >= 11 is 0. The summed E-state index contributed by atoms with van der Waals surface area (Å²) in [5, 5.41) is 14.1. The van der Waals surface area contributed by atoms with Crippen molar-refractivity contribution in [3.05, 3.63) is 177 Å². The summed E-state index contributed by atoms with van der Waals surface area (Å²) in [5.74, 6) is -1.04. The molecule has 85 heavy (non-hydrogen) atoms. The number of methoxy groups -OCH3 is 8. The molecule has 4 aromatic carbocycles. The minimum atomic E-state index is -1.47. The van der Waals surface area contributed by atoms with E-state index < -0.39 is 54.0 Å². The average Bonchev–Trinajstić information content (AvgIpc) is 1.57. The fraction of sp³-hybridized carbons (Fsp3) is 0.262. The van der Waals surface area contributed by atoms with E-state index >= 15 is 0 Å². The van der Waals surface area contributed by atoms with Gasteiger partial charge < -0.3 is 59.2 Å². The third-order valence-corrected chi connectivity index (χ3v) is 16.7. The Morgan fingerprint density at radius 2 is 0.694 bits per heavy atom. The number of rotatable bonds is 20. The van der Waals surface area contributed by atoms with Crippen molar-refractivity contribution in [2.45, 2.75) is 58.0 Å². The second-order valence-corrected chi connectivity index (χ2v) is 20.9. The van der Waals surface area contributed by atoms with Gasteiger partial charge in [-0.15, -0.1) is 0 Å². The van der Waals surface area contributed by atoms with Gasteiger partial charge in [0.2, 0.25) is 22.8 Å². The predicted octanol–water partition coefficient (Wildman–Crippen LogP) is 6.35. The van der Waals surface area contributed by atoms with Crippen molar-refractivity contribution in [2.24, 2.45) is 0 Å². The first-order valence-corrected chi connectivity index (χ1v) is 27.6. The van der Waals surface area contributed by atoms with Gasteiger partial charge in [-0.05, 0) is 100 Å². The number of amides is 4. The third kappa shape index (κ3) is 8.18. The lowest BCUT2D eigenvalue weighted by molar-refractivity contribution is -0.834. The van der Waals surface area contributed by atoms with Crippen LogP contribution in [0.3, 0.4) is 0 Å². The molecule has 5 unspecified atom stereocenters. The smallest absolute Gasteiger partial charge is 0.496 e. The van der Waals surface area contributed by atoms with Crippen molar-refractivity contribution in [3.63, 3.8) is 0 Å². The van der Waals surface area contributed by atoms with E-state index in [1.165, 1.54) is 28.4 Å². The van der Waals surface area contributed by atoms with Crippen molar-refractivity contribution < 1.29 is 66.2 Å². The summed E-state index contributed by atoms with van der Waals surface area (Å²) in [6, 6.07) is 30.3. The zero-order valence-electron chi connectivity index (χ0n) is 49.0. The Morgan fingerprint density at radius 1 is 0.388 bits per heavy atom. The number of anilines is 4. The Morgan fingerprint density at radius 3 is 1.04 bits per heavy atom. The first kappa shape index (κ1) is 55.9. The molecule has 0 bridgehead atoms. The van der Waals surface area contributed by atoms with E-state index in [0.717, 1.165) is 33.6 Å². The van der Waals surface area contributed by atoms with Crippen molar-refractivity contribution in [1.82, 2.24) is 9.13 Å². The zero-order chi connectivity index (χ0) is 59.9. The van der Waals surface area contributed by atoms with Crippen LogP contribution in [0.4, 0.5) is 22.7 Å². The zero-order valence-corrected chi connectivity index (χ0v) is 49.0. The van der Waals surface area contributed by atoms with Gasteiger partial charge in [0.15, 0.2) is 0 Å². The predicted molar refractivity (Wildman–Crippen MR) is 320 cm³/mol. The molecule has 5 atom stereocenters. The molecule has 12 rings (SSSR count). The van der Waals surface area contributed by atoms with Crippen LogP contribution >= 0.6 is 0 Å². The Bertz CT molecular complexity index is 4120. The fourth-order valence-electron chi connectivity index (χ4n) is 12.4. The molecule has 0 aliphatic carbocycles. The van der Waals surface area contributed by atoms with Gasteiger partial charge in [0.05, 0.1) is 107 Å². The van der Waals surface area contributed by atoms with E-state index in [-0.39, 0.29) is 0 Å². The second kappa shape index (κ2) is 21.5. The standard InChI is InChI=1S/C65H62N8O12/c1-33(78-5)61(74)66-37-17-13-18-38(67-62(75)34(2)79-6)53(37)55-41-25-29-45-57(59-49(82-9)21-15-22-50(59)83-10)47-31-27-43-56(54-39(68-63(76)35(3)80-7)19-14-20-40(54)69-64(77)36(4)81-8)44-28-32-48-58(60-51(84-11)23-16-24-52(60)85-12)46-30-26-42(55)71(46)65(70(41)45,72(43)47)73(44)48/h13-36H,1-12H3,(H2-,66,67,68,69,74,75,76,77)/p+2.